The summed E-state index contributed by atoms with van der Waals surface area (Å²) < 4.78 is 9.99. The van der Waals surface area contributed by atoms with E-state index in [1.54, 1.807) is 20.8 Å². The lowest BCUT2D eigenvalue weighted by Crippen LogP contribution is -2.42. The van der Waals surface area contributed by atoms with Crippen molar-refractivity contribution in [2.75, 3.05) is 7.11 Å². The molecule has 25 heavy (non-hydrogen) atoms. The number of aromatic nitrogens is 1. The molecule has 2 N–H and O–H groups in total. The predicted molar refractivity (Wildman–Crippen MR) is 91.5 cm³/mol. The molecule has 1 saturated carbocycles. The van der Waals surface area contributed by atoms with Crippen LogP contribution in [0.15, 0.2) is 0 Å². The molecule has 1 fully saturated rings. The Bertz CT molecular complexity index is 659. The lowest BCUT2D eigenvalue weighted by atomic mass is 9.95. The number of H-pyrrole nitrogens is 1. The maximum Gasteiger partial charge on any atom is 0.355 e. The van der Waals surface area contributed by atoms with E-state index in [0.29, 0.717) is 16.8 Å². The van der Waals surface area contributed by atoms with Gasteiger partial charge in [0.2, 0.25) is 0 Å². The minimum absolute atomic E-state index is 0.155. The molecule has 0 bridgehead atoms. The molecule has 1 atom stereocenters. The monoisotopic (exact) mass is 350 g/mol. The number of ether oxygens (including phenoxy) is 2. The number of aryl methyl sites for hydroxylation is 1. The number of esters is 2. The molecule has 0 aromatic carbocycles. The molecule has 1 aliphatic carbocycles. The van der Waals surface area contributed by atoms with Crippen molar-refractivity contribution in [1.82, 2.24) is 10.3 Å². The largest absolute Gasteiger partial charge is 0.465 e. The SMILES string of the molecule is COC(=O)c1c(C)[nH]c(C(=O)OC(C)C(=O)NC2CCCCC2)c1C. The maximum absolute atomic E-state index is 12.4. The Morgan fingerprint density at radius 3 is 2.36 bits per heavy atom. The molecule has 1 amide bonds. The van der Waals surface area contributed by atoms with Crippen LogP contribution in [0.1, 0.15) is 71.1 Å². The van der Waals surface area contributed by atoms with E-state index >= 15 is 0 Å². The van der Waals surface area contributed by atoms with E-state index in [4.69, 9.17) is 9.47 Å². The number of carbonyl (C=O) groups is 3. The van der Waals surface area contributed by atoms with Crippen LogP contribution in [0.5, 0.6) is 0 Å². The van der Waals surface area contributed by atoms with Gasteiger partial charge in [0.05, 0.1) is 12.7 Å². The van der Waals surface area contributed by atoms with E-state index in [9.17, 15) is 14.4 Å². The quantitative estimate of drug-likeness (QED) is 0.795. The Labute approximate surface area is 147 Å². The highest BCUT2D eigenvalue weighted by Gasteiger charge is 2.27. The van der Waals surface area contributed by atoms with E-state index in [1.165, 1.54) is 13.5 Å². The van der Waals surface area contributed by atoms with Crippen molar-refractivity contribution in [2.45, 2.75) is 65.0 Å². The standard InChI is InChI=1S/C18H26N2O5/c1-10-14(17(22)24-4)11(2)19-15(10)18(23)25-12(3)16(21)20-13-8-6-5-7-9-13/h12-13,19H,5-9H2,1-4H3,(H,20,21). The first-order chi connectivity index (χ1) is 11.8. The van der Waals surface area contributed by atoms with Crippen LogP contribution in [0.3, 0.4) is 0 Å². The third kappa shape index (κ3) is 4.41. The highest BCUT2D eigenvalue weighted by atomic mass is 16.5. The van der Waals surface area contributed by atoms with Crippen molar-refractivity contribution in [3.63, 3.8) is 0 Å². The zero-order chi connectivity index (χ0) is 18.6. The summed E-state index contributed by atoms with van der Waals surface area (Å²) in [5.74, 6) is -1.48. The second kappa shape index (κ2) is 8.18. The first-order valence-corrected chi connectivity index (χ1v) is 8.64. The first kappa shape index (κ1) is 19.0. The summed E-state index contributed by atoms with van der Waals surface area (Å²) in [6.07, 6.45) is 4.43. The van der Waals surface area contributed by atoms with E-state index in [0.717, 1.165) is 25.7 Å². The van der Waals surface area contributed by atoms with Crippen LogP contribution in [-0.4, -0.2) is 42.1 Å². The van der Waals surface area contributed by atoms with Gasteiger partial charge in [-0.3, -0.25) is 4.79 Å². The minimum atomic E-state index is -0.904. The summed E-state index contributed by atoms with van der Waals surface area (Å²) in [4.78, 5) is 39.2. The Balaban J connectivity index is 2.01. The molecule has 1 aromatic heterocycles. The Morgan fingerprint density at radius 2 is 1.76 bits per heavy atom. The molecule has 1 aliphatic rings. The number of methoxy groups -OCH3 is 1. The van der Waals surface area contributed by atoms with Gasteiger partial charge in [0.15, 0.2) is 6.10 Å². The average molecular weight is 350 g/mol. The van der Waals surface area contributed by atoms with Crippen molar-refractivity contribution >= 4 is 17.8 Å². The van der Waals surface area contributed by atoms with E-state index in [2.05, 4.69) is 10.3 Å². The molecular formula is C18H26N2O5. The van der Waals surface area contributed by atoms with Crippen LogP contribution < -0.4 is 5.32 Å². The molecular weight excluding hydrogens is 324 g/mol. The first-order valence-electron chi connectivity index (χ1n) is 8.64. The predicted octanol–water partition coefficient (Wildman–Crippen LogP) is 2.41. The van der Waals surface area contributed by atoms with Crippen LogP contribution in [0.4, 0.5) is 0 Å². The van der Waals surface area contributed by atoms with Gasteiger partial charge < -0.3 is 19.8 Å². The van der Waals surface area contributed by atoms with Crippen molar-refractivity contribution in [3.8, 4) is 0 Å². The lowest BCUT2D eigenvalue weighted by Gasteiger charge is -2.24. The fraction of sp³-hybridized carbons (Fsp3) is 0.611. The third-order valence-corrected chi connectivity index (χ3v) is 4.64. The van der Waals surface area contributed by atoms with E-state index in [-0.39, 0.29) is 17.6 Å². The van der Waals surface area contributed by atoms with Crippen LogP contribution in [0.25, 0.3) is 0 Å². The van der Waals surface area contributed by atoms with Gasteiger partial charge in [-0.2, -0.15) is 0 Å². The Hall–Kier alpha value is -2.31. The zero-order valence-corrected chi connectivity index (χ0v) is 15.2. The van der Waals surface area contributed by atoms with Crippen molar-refractivity contribution in [3.05, 3.63) is 22.5 Å². The second-order valence-electron chi connectivity index (χ2n) is 6.51. The van der Waals surface area contributed by atoms with Crippen LogP contribution in [-0.2, 0) is 14.3 Å². The number of rotatable bonds is 5. The van der Waals surface area contributed by atoms with Crippen LogP contribution >= 0.6 is 0 Å². The second-order valence-corrected chi connectivity index (χ2v) is 6.51. The fourth-order valence-electron chi connectivity index (χ4n) is 3.20. The number of nitrogens with one attached hydrogen (secondary N) is 2. The van der Waals surface area contributed by atoms with Gasteiger partial charge in [-0.25, -0.2) is 9.59 Å². The molecule has 0 radical (unpaired) electrons. The van der Waals surface area contributed by atoms with E-state index in [1.807, 2.05) is 0 Å². The number of aromatic amines is 1. The number of hydrogen-bond acceptors (Lipinski definition) is 5. The molecule has 7 heteroatoms. The lowest BCUT2D eigenvalue weighted by molar-refractivity contribution is -0.130. The molecule has 7 nitrogen and oxygen atoms in total. The number of amides is 1. The third-order valence-electron chi connectivity index (χ3n) is 4.64. The highest BCUT2D eigenvalue weighted by molar-refractivity contribution is 5.99. The number of carbonyl (C=O) groups excluding carboxylic acids is 3. The summed E-state index contributed by atoms with van der Waals surface area (Å²) in [6.45, 7) is 4.86. The van der Waals surface area contributed by atoms with Gasteiger partial charge in [-0.15, -0.1) is 0 Å². The van der Waals surface area contributed by atoms with Crippen LogP contribution in [0, 0.1) is 13.8 Å². The zero-order valence-electron chi connectivity index (χ0n) is 15.2. The summed E-state index contributed by atoms with van der Waals surface area (Å²) >= 11 is 0. The Morgan fingerprint density at radius 1 is 1.12 bits per heavy atom. The topological polar surface area (TPSA) is 97.5 Å². The van der Waals surface area contributed by atoms with Gasteiger partial charge in [-0.1, -0.05) is 19.3 Å². The molecule has 1 heterocycles. The summed E-state index contributed by atoms with van der Waals surface area (Å²) in [5.41, 5.74) is 1.45. The van der Waals surface area contributed by atoms with Crippen LogP contribution in [0.2, 0.25) is 0 Å². The van der Waals surface area contributed by atoms with Gasteiger partial charge in [0, 0.05) is 11.7 Å². The maximum atomic E-state index is 12.4. The van der Waals surface area contributed by atoms with Gasteiger partial charge >= 0.3 is 11.9 Å². The summed E-state index contributed by atoms with van der Waals surface area (Å²) in [5, 5.41) is 2.93. The molecule has 0 saturated heterocycles. The van der Waals surface area contributed by atoms with Crippen molar-refractivity contribution < 1.29 is 23.9 Å². The molecule has 1 unspecified atom stereocenters. The summed E-state index contributed by atoms with van der Waals surface area (Å²) in [7, 11) is 1.28. The fourth-order valence-corrected chi connectivity index (χ4v) is 3.20. The highest BCUT2D eigenvalue weighted by Crippen LogP contribution is 2.20. The van der Waals surface area contributed by atoms with Gasteiger partial charge in [-0.05, 0) is 39.2 Å². The molecule has 0 aliphatic heterocycles. The smallest absolute Gasteiger partial charge is 0.355 e. The van der Waals surface area contributed by atoms with E-state index < -0.39 is 18.0 Å². The minimum Gasteiger partial charge on any atom is -0.465 e. The van der Waals surface area contributed by atoms with Crippen molar-refractivity contribution in [2.24, 2.45) is 0 Å². The molecule has 0 spiro atoms. The summed E-state index contributed by atoms with van der Waals surface area (Å²) in [6, 6.07) is 0.155. The molecule has 138 valence electrons. The normalized spacial score (nSPS) is 16.2. The molecule has 2 rings (SSSR count). The van der Waals surface area contributed by atoms with Gasteiger partial charge in [0.1, 0.15) is 5.69 Å². The van der Waals surface area contributed by atoms with Gasteiger partial charge in [0.25, 0.3) is 5.91 Å². The number of hydrogen-bond donors (Lipinski definition) is 2. The Kier molecular flexibility index (Phi) is 6.22. The molecule has 1 aromatic rings. The average Bonchev–Trinajstić information content (AvgIpc) is 2.89. The van der Waals surface area contributed by atoms with Crippen molar-refractivity contribution in [1.29, 1.82) is 0 Å².